The molecule has 4 amide bonds. The molecule has 54 heavy (non-hydrogen) atoms. The first-order chi connectivity index (χ1) is 25.5. The number of alkyl halides is 3. The molecule has 12 nitrogen and oxygen atoms in total. The first-order valence-electron chi connectivity index (χ1n) is 17.2. The van der Waals surface area contributed by atoms with Crippen LogP contribution >= 0.6 is 12.6 Å². The Morgan fingerprint density at radius 2 is 1.72 bits per heavy atom. The number of likely N-dealkylation sites (tertiary alicyclic amines) is 1. The fraction of sp³-hybridized carbons (Fsp3) is 0.378. The molecule has 0 radical (unpaired) electrons. The fourth-order valence-corrected chi connectivity index (χ4v) is 7.51. The van der Waals surface area contributed by atoms with E-state index < -0.39 is 52.0 Å². The molecule has 3 saturated heterocycles. The number of hydrogen-bond acceptors (Lipinski definition) is 10. The lowest BCUT2D eigenvalue weighted by Gasteiger charge is -2.34. The maximum Gasteiger partial charge on any atom is 0.417 e. The third-order valence-corrected chi connectivity index (χ3v) is 10.1. The third kappa shape index (κ3) is 8.09. The van der Waals surface area contributed by atoms with Crippen LogP contribution < -0.4 is 30.5 Å². The summed E-state index contributed by atoms with van der Waals surface area (Å²) in [4.78, 5) is 54.4. The Bertz CT molecular complexity index is 2010. The quantitative estimate of drug-likeness (QED) is 0.130. The van der Waals surface area contributed by atoms with Gasteiger partial charge in [0.15, 0.2) is 17.1 Å². The zero-order chi connectivity index (χ0) is 38.9. The van der Waals surface area contributed by atoms with E-state index in [9.17, 15) is 37.6 Å². The second-order valence-corrected chi connectivity index (χ2v) is 14.2. The number of piperidine rings is 2. The molecular weight excluding hydrogens is 731 g/mol. The van der Waals surface area contributed by atoms with Crippen molar-refractivity contribution in [3.8, 4) is 11.8 Å². The number of benzene rings is 3. The van der Waals surface area contributed by atoms with E-state index in [0.717, 1.165) is 17.0 Å². The van der Waals surface area contributed by atoms with Crippen LogP contribution in [0.25, 0.3) is 0 Å². The minimum atomic E-state index is -4.83. The van der Waals surface area contributed by atoms with Crippen LogP contribution in [-0.2, 0) is 25.4 Å². The van der Waals surface area contributed by atoms with Crippen LogP contribution in [0.2, 0.25) is 0 Å². The molecule has 0 aromatic heterocycles. The number of anilines is 4. The SMILES string of the molecule is CC1(C)C(=O)N(c2ccc(C#N)c(C(F)(F)F)c2)C(S)N1c1ccc(OC2CCN(CC(=O)Nc3cccc(NC4CCC(=O)NC4=O)c3)CC2)c(F)c1. The predicted octanol–water partition coefficient (Wildman–Crippen LogP) is 5.26. The molecule has 17 heteroatoms. The van der Waals surface area contributed by atoms with E-state index in [1.807, 2.05) is 4.90 Å². The van der Waals surface area contributed by atoms with Gasteiger partial charge in [-0.2, -0.15) is 18.4 Å². The van der Waals surface area contributed by atoms with Crippen molar-refractivity contribution in [3.05, 3.63) is 77.6 Å². The largest absolute Gasteiger partial charge is 0.487 e. The van der Waals surface area contributed by atoms with E-state index in [-0.39, 0.29) is 48.0 Å². The normalized spacial score (nSPS) is 20.7. The first kappa shape index (κ1) is 38.4. The average Bonchev–Trinajstić information content (AvgIpc) is 3.29. The molecule has 0 saturated carbocycles. The van der Waals surface area contributed by atoms with Crippen LogP contribution in [0.1, 0.15) is 50.7 Å². The molecule has 3 N–H and O–H groups in total. The second kappa shape index (κ2) is 15.2. The summed E-state index contributed by atoms with van der Waals surface area (Å²) in [6, 6.07) is 15.0. The number of halogens is 4. The molecule has 3 aromatic rings. The highest BCUT2D eigenvalue weighted by atomic mass is 32.1. The Kier molecular flexibility index (Phi) is 10.8. The highest BCUT2D eigenvalue weighted by Crippen LogP contribution is 2.43. The minimum absolute atomic E-state index is 0.0152. The lowest BCUT2D eigenvalue weighted by atomic mass is 10.0. The van der Waals surface area contributed by atoms with Gasteiger partial charge >= 0.3 is 6.18 Å². The summed E-state index contributed by atoms with van der Waals surface area (Å²) in [5.74, 6) is -2.23. The molecule has 3 fully saturated rings. The van der Waals surface area contributed by atoms with Crippen molar-refractivity contribution in [1.82, 2.24) is 10.2 Å². The predicted molar refractivity (Wildman–Crippen MR) is 194 cm³/mol. The number of carbonyl (C=O) groups is 4. The molecule has 0 spiro atoms. The Hall–Kier alpha value is -5.34. The van der Waals surface area contributed by atoms with Crippen molar-refractivity contribution in [3.63, 3.8) is 0 Å². The monoisotopic (exact) mass is 767 g/mol. The molecule has 2 atom stereocenters. The number of carbonyl (C=O) groups excluding carboxylic acids is 4. The smallest absolute Gasteiger partial charge is 0.417 e. The van der Waals surface area contributed by atoms with Crippen molar-refractivity contribution in [1.29, 1.82) is 5.26 Å². The van der Waals surface area contributed by atoms with Gasteiger partial charge in [-0.1, -0.05) is 6.07 Å². The van der Waals surface area contributed by atoms with Gasteiger partial charge in [0, 0.05) is 48.3 Å². The van der Waals surface area contributed by atoms with Gasteiger partial charge < -0.3 is 20.3 Å². The number of nitriles is 1. The summed E-state index contributed by atoms with van der Waals surface area (Å²) < 4.78 is 62.6. The molecule has 0 aliphatic carbocycles. The maximum atomic E-state index is 15.5. The van der Waals surface area contributed by atoms with Crippen LogP contribution in [0.15, 0.2) is 60.7 Å². The van der Waals surface area contributed by atoms with E-state index in [2.05, 4.69) is 28.6 Å². The topological polar surface area (TPSA) is 147 Å². The summed E-state index contributed by atoms with van der Waals surface area (Å²) >= 11 is 4.57. The van der Waals surface area contributed by atoms with Crippen molar-refractivity contribution in [2.75, 3.05) is 40.1 Å². The Morgan fingerprint density at radius 1 is 1.02 bits per heavy atom. The number of amides is 4. The van der Waals surface area contributed by atoms with Crippen LogP contribution in [0.4, 0.5) is 40.3 Å². The molecule has 3 aliphatic rings. The molecule has 6 rings (SSSR count). The van der Waals surface area contributed by atoms with Crippen molar-refractivity contribution >= 4 is 59.0 Å². The number of imide groups is 1. The van der Waals surface area contributed by atoms with Gasteiger partial charge in [0.25, 0.3) is 5.91 Å². The number of nitrogens with zero attached hydrogens (tertiary/aromatic N) is 4. The van der Waals surface area contributed by atoms with Gasteiger partial charge in [-0.25, -0.2) is 4.39 Å². The number of thiol groups is 1. The average molecular weight is 768 g/mol. The summed E-state index contributed by atoms with van der Waals surface area (Å²) in [7, 11) is 0. The molecule has 3 heterocycles. The van der Waals surface area contributed by atoms with Crippen molar-refractivity contribution in [2.24, 2.45) is 0 Å². The second-order valence-electron chi connectivity index (χ2n) is 13.8. The standard InChI is InChI=1S/C37H37F4N7O5S/c1-36(2)34(52)47(24-7-6-21(19-42)27(17-24)37(39,40)41)35(54)48(36)25-8-10-30(28(38)18-25)53-26-12-14-46(15-13-26)20-32(50)44-23-5-3-4-22(16-23)43-29-9-11-31(49)45-33(29)51/h3-8,10,16-18,26,29,35,43,54H,9,11-15,20H2,1-2H3,(H,44,50)(H,45,49,51). The Labute approximate surface area is 313 Å². The fourth-order valence-electron chi connectivity index (χ4n) is 6.85. The van der Waals surface area contributed by atoms with E-state index >= 15 is 4.39 Å². The Balaban J connectivity index is 1.03. The zero-order valence-electron chi connectivity index (χ0n) is 29.2. The summed E-state index contributed by atoms with van der Waals surface area (Å²) in [5, 5.41) is 17.4. The first-order valence-corrected chi connectivity index (χ1v) is 17.7. The van der Waals surface area contributed by atoms with Gasteiger partial charge in [0.05, 0.1) is 23.7 Å². The van der Waals surface area contributed by atoms with Crippen LogP contribution in [0.3, 0.4) is 0 Å². The molecule has 3 aromatic carbocycles. The van der Waals surface area contributed by atoms with Gasteiger partial charge in [-0.05, 0) is 81.6 Å². The summed E-state index contributed by atoms with van der Waals surface area (Å²) in [5.41, 5.74) is -2.90. The Morgan fingerprint density at radius 3 is 2.39 bits per heavy atom. The minimum Gasteiger partial charge on any atom is -0.487 e. The van der Waals surface area contributed by atoms with Crippen molar-refractivity contribution < 1.29 is 41.5 Å². The molecule has 3 aliphatic heterocycles. The molecule has 0 bridgehead atoms. The van der Waals surface area contributed by atoms with E-state index in [1.54, 1.807) is 44.2 Å². The highest BCUT2D eigenvalue weighted by Gasteiger charge is 2.52. The maximum absolute atomic E-state index is 15.5. The lowest BCUT2D eigenvalue weighted by molar-refractivity contribution is -0.138. The van der Waals surface area contributed by atoms with Crippen LogP contribution in [-0.4, -0.2) is 71.3 Å². The van der Waals surface area contributed by atoms with E-state index in [1.165, 1.54) is 29.2 Å². The molecule has 2 unspecified atom stereocenters. The third-order valence-electron chi connectivity index (χ3n) is 9.63. The van der Waals surface area contributed by atoms with Gasteiger partial charge in [-0.3, -0.25) is 34.3 Å². The molecular formula is C37H37F4N7O5S. The van der Waals surface area contributed by atoms with Gasteiger partial charge in [-0.15, -0.1) is 12.6 Å². The number of nitrogens with one attached hydrogen (secondary N) is 3. The number of rotatable bonds is 9. The van der Waals surface area contributed by atoms with Gasteiger partial charge in [0.1, 0.15) is 17.7 Å². The highest BCUT2D eigenvalue weighted by molar-refractivity contribution is 7.81. The summed E-state index contributed by atoms with van der Waals surface area (Å²) in [6.07, 6.45) is -3.52. The zero-order valence-corrected chi connectivity index (χ0v) is 30.1. The number of hydrogen-bond donors (Lipinski definition) is 4. The lowest BCUT2D eigenvalue weighted by Crippen LogP contribution is -2.47. The van der Waals surface area contributed by atoms with Crippen molar-refractivity contribution in [2.45, 2.75) is 68.9 Å². The van der Waals surface area contributed by atoms with Crippen LogP contribution in [0, 0.1) is 17.1 Å². The van der Waals surface area contributed by atoms with Gasteiger partial charge in [0.2, 0.25) is 17.7 Å². The molecule has 284 valence electrons. The van der Waals surface area contributed by atoms with E-state index in [4.69, 9.17) is 4.74 Å². The van der Waals surface area contributed by atoms with E-state index in [0.29, 0.717) is 43.7 Å². The number of ether oxygens (including phenoxy) is 1. The summed E-state index contributed by atoms with van der Waals surface area (Å²) in [6.45, 7) is 4.26. The van der Waals surface area contributed by atoms with Crippen LogP contribution in [0.5, 0.6) is 5.75 Å².